The molecule has 1 N–H and O–H groups in total. The van der Waals surface area contributed by atoms with Crippen molar-refractivity contribution in [2.45, 2.75) is 65.3 Å². The molecule has 0 spiro atoms. The zero-order valence-corrected chi connectivity index (χ0v) is 12.2. The third kappa shape index (κ3) is 6.42. The van der Waals surface area contributed by atoms with Gasteiger partial charge in [-0.3, -0.25) is 0 Å². The summed E-state index contributed by atoms with van der Waals surface area (Å²) in [4.78, 5) is 2.65. The number of piperidine rings is 1. The Morgan fingerprint density at radius 3 is 2.41 bits per heavy atom. The Kier molecular flexibility index (Phi) is 7.87. The molecule has 17 heavy (non-hydrogen) atoms. The van der Waals surface area contributed by atoms with Gasteiger partial charge in [0, 0.05) is 12.6 Å². The van der Waals surface area contributed by atoms with E-state index in [1.807, 2.05) is 0 Å². The van der Waals surface area contributed by atoms with Gasteiger partial charge in [-0.1, -0.05) is 33.6 Å². The summed E-state index contributed by atoms with van der Waals surface area (Å²) in [5.41, 5.74) is 0. The second kappa shape index (κ2) is 8.93. The first-order chi connectivity index (χ1) is 8.26. The van der Waals surface area contributed by atoms with Gasteiger partial charge in [0.2, 0.25) is 0 Å². The van der Waals surface area contributed by atoms with E-state index in [9.17, 15) is 0 Å². The molecule has 1 fully saturated rings. The van der Waals surface area contributed by atoms with E-state index in [0.717, 1.165) is 12.0 Å². The molecule has 1 saturated heterocycles. The van der Waals surface area contributed by atoms with E-state index in [1.54, 1.807) is 0 Å². The zero-order valence-electron chi connectivity index (χ0n) is 12.2. The number of nitrogens with zero attached hydrogens (tertiary/aromatic N) is 1. The van der Waals surface area contributed by atoms with E-state index in [4.69, 9.17) is 0 Å². The third-order valence-electron chi connectivity index (χ3n) is 3.90. The molecule has 2 heteroatoms. The first-order valence-electron chi connectivity index (χ1n) is 7.72. The van der Waals surface area contributed by atoms with E-state index in [-0.39, 0.29) is 0 Å². The minimum absolute atomic E-state index is 0.740. The second-order valence-electron chi connectivity index (χ2n) is 5.77. The van der Waals surface area contributed by atoms with Crippen molar-refractivity contribution in [1.82, 2.24) is 10.2 Å². The van der Waals surface area contributed by atoms with E-state index >= 15 is 0 Å². The molecule has 0 aromatic rings. The molecule has 0 saturated carbocycles. The number of nitrogens with one attached hydrogen (secondary N) is 1. The highest BCUT2D eigenvalue weighted by Crippen LogP contribution is 2.11. The number of hydrogen-bond acceptors (Lipinski definition) is 2. The summed E-state index contributed by atoms with van der Waals surface area (Å²) in [6.45, 7) is 12.1. The van der Waals surface area contributed by atoms with Crippen LogP contribution in [0.25, 0.3) is 0 Å². The van der Waals surface area contributed by atoms with Gasteiger partial charge in [0.1, 0.15) is 0 Å². The minimum atomic E-state index is 0.740. The van der Waals surface area contributed by atoms with Gasteiger partial charge in [-0.05, 0) is 51.2 Å². The van der Waals surface area contributed by atoms with Crippen LogP contribution in [0.3, 0.4) is 0 Å². The largest absolute Gasteiger partial charge is 0.314 e. The van der Waals surface area contributed by atoms with E-state index in [2.05, 4.69) is 31.0 Å². The first-order valence-corrected chi connectivity index (χ1v) is 7.72. The number of rotatable bonds is 8. The van der Waals surface area contributed by atoms with Gasteiger partial charge in [0.05, 0.1) is 0 Å². The molecule has 2 nitrogen and oxygen atoms in total. The van der Waals surface area contributed by atoms with Crippen LogP contribution in [0.2, 0.25) is 0 Å². The molecule has 1 heterocycles. The van der Waals surface area contributed by atoms with Crippen LogP contribution in [-0.4, -0.2) is 37.1 Å². The van der Waals surface area contributed by atoms with Gasteiger partial charge < -0.3 is 10.2 Å². The molecule has 0 aromatic heterocycles. The SMILES string of the molecule is CCCC(CC)NCC(C)CN1CCCCC1. The molecule has 2 atom stereocenters. The molecular formula is C15H32N2. The van der Waals surface area contributed by atoms with Crippen molar-refractivity contribution in [2.24, 2.45) is 5.92 Å². The van der Waals surface area contributed by atoms with Crippen LogP contribution in [0.4, 0.5) is 0 Å². The van der Waals surface area contributed by atoms with Crippen molar-refractivity contribution in [1.29, 1.82) is 0 Å². The Morgan fingerprint density at radius 2 is 1.82 bits per heavy atom. The summed E-state index contributed by atoms with van der Waals surface area (Å²) in [5.74, 6) is 0.791. The van der Waals surface area contributed by atoms with Crippen molar-refractivity contribution < 1.29 is 0 Å². The Morgan fingerprint density at radius 1 is 1.12 bits per heavy atom. The smallest absolute Gasteiger partial charge is 0.00644 e. The molecule has 0 aliphatic carbocycles. The van der Waals surface area contributed by atoms with E-state index in [0.29, 0.717) is 0 Å². The second-order valence-corrected chi connectivity index (χ2v) is 5.77. The molecule has 0 radical (unpaired) electrons. The molecule has 0 bridgehead atoms. The maximum Gasteiger partial charge on any atom is 0.00644 e. The van der Waals surface area contributed by atoms with Crippen LogP contribution in [-0.2, 0) is 0 Å². The summed E-state index contributed by atoms with van der Waals surface area (Å²) in [7, 11) is 0. The van der Waals surface area contributed by atoms with Gasteiger partial charge in [-0.2, -0.15) is 0 Å². The third-order valence-corrected chi connectivity index (χ3v) is 3.90. The van der Waals surface area contributed by atoms with Gasteiger partial charge in [0.15, 0.2) is 0 Å². The maximum atomic E-state index is 3.73. The Balaban J connectivity index is 2.12. The maximum absolute atomic E-state index is 3.73. The number of likely N-dealkylation sites (tertiary alicyclic amines) is 1. The van der Waals surface area contributed by atoms with E-state index in [1.165, 1.54) is 64.7 Å². The van der Waals surface area contributed by atoms with Crippen LogP contribution < -0.4 is 5.32 Å². The van der Waals surface area contributed by atoms with Crippen molar-refractivity contribution in [3.05, 3.63) is 0 Å². The van der Waals surface area contributed by atoms with Gasteiger partial charge in [-0.25, -0.2) is 0 Å². The standard InChI is InChI=1S/C15H32N2/c1-4-9-15(5-2)16-12-14(3)13-17-10-7-6-8-11-17/h14-16H,4-13H2,1-3H3. The van der Waals surface area contributed by atoms with Crippen molar-refractivity contribution >= 4 is 0 Å². The van der Waals surface area contributed by atoms with Crippen LogP contribution in [0.15, 0.2) is 0 Å². The molecule has 1 rings (SSSR count). The van der Waals surface area contributed by atoms with Gasteiger partial charge in [-0.15, -0.1) is 0 Å². The lowest BCUT2D eigenvalue weighted by atomic mass is 10.1. The lowest BCUT2D eigenvalue weighted by molar-refractivity contribution is 0.196. The fraction of sp³-hybridized carbons (Fsp3) is 1.00. The molecule has 1 aliphatic heterocycles. The highest BCUT2D eigenvalue weighted by atomic mass is 15.1. The summed E-state index contributed by atoms with van der Waals surface area (Å²) in [5, 5.41) is 3.73. The molecule has 102 valence electrons. The number of hydrogen-bond donors (Lipinski definition) is 1. The minimum Gasteiger partial charge on any atom is -0.314 e. The monoisotopic (exact) mass is 240 g/mol. The predicted octanol–water partition coefficient (Wildman–Crippen LogP) is 3.28. The molecule has 0 amide bonds. The Bertz CT molecular complexity index is 176. The quantitative estimate of drug-likeness (QED) is 0.700. The van der Waals surface area contributed by atoms with Gasteiger partial charge >= 0.3 is 0 Å². The van der Waals surface area contributed by atoms with Crippen LogP contribution in [0.1, 0.15) is 59.3 Å². The summed E-state index contributed by atoms with van der Waals surface area (Å²) < 4.78 is 0. The van der Waals surface area contributed by atoms with Crippen molar-refractivity contribution in [3.63, 3.8) is 0 Å². The van der Waals surface area contributed by atoms with Gasteiger partial charge in [0.25, 0.3) is 0 Å². The zero-order chi connectivity index (χ0) is 12.5. The van der Waals surface area contributed by atoms with Crippen molar-refractivity contribution in [3.8, 4) is 0 Å². The topological polar surface area (TPSA) is 15.3 Å². The molecule has 1 aliphatic rings. The first kappa shape index (κ1) is 15.0. The van der Waals surface area contributed by atoms with Crippen molar-refractivity contribution in [2.75, 3.05) is 26.2 Å². The van der Waals surface area contributed by atoms with Crippen LogP contribution in [0, 0.1) is 5.92 Å². The summed E-state index contributed by atoms with van der Waals surface area (Å²) >= 11 is 0. The lowest BCUT2D eigenvalue weighted by Gasteiger charge is -2.29. The highest BCUT2D eigenvalue weighted by Gasteiger charge is 2.14. The normalized spacial score (nSPS) is 21.4. The summed E-state index contributed by atoms with van der Waals surface area (Å²) in [6.07, 6.45) is 8.15. The average Bonchev–Trinajstić information content (AvgIpc) is 2.35. The highest BCUT2D eigenvalue weighted by molar-refractivity contribution is 4.71. The molecular weight excluding hydrogens is 208 g/mol. The predicted molar refractivity (Wildman–Crippen MR) is 76.4 cm³/mol. The summed E-state index contributed by atoms with van der Waals surface area (Å²) in [6, 6.07) is 0.740. The average molecular weight is 240 g/mol. The fourth-order valence-corrected chi connectivity index (χ4v) is 2.81. The Labute approximate surface area is 108 Å². The Hall–Kier alpha value is -0.0800. The molecule has 2 unspecified atom stereocenters. The fourth-order valence-electron chi connectivity index (χ4n) is 2.81. The lowest BCUT2D eigenvalue weighted by Crippen LogP contribution is -2.39. The molecule has 0 aromatic carbocycles. The van der Waals surface area contributed by atoms with Crippen LogP contribution in [0.5, 0.6) is 0 Å². The van der Waals surface area contributed by atoms with E-state index < -0.39 is 0 Å². The van der Waals surface area contributed by atoms with Crippen LogP contribution >= 0.6 is 0 Å².